The van der Waals surface area contributed by atoms with E-state index in [1.54, 1.807) is 0 Å². The Morgan fingerprint density at radius 3 is 2.63 bits per heavy atom. The van der Waals surface area contributed by atoms with Crippen molar-refractivity contribution in [1.29, 1.82) is 0 Å². The highest BCUT2D eigenvalue weighted by Crippen LogP contribution is 2.15. The smallest absolute Gasteiger partial charge is 0.194 e. The van der Waals surface area contributed by atoms with Crippen LogP contribution in [0.3, 0.4) is 0 Å². The highest BCUT2D eigenvalue weighted by molar-refractivity contribution is 14.0. The lowest BCUT2D eigenvalue weighted by Crippen LogP contribution is -2.39. The maximum Gasteiger partial charge on any atom is 0.194 e. The van der Waals surface area contributed by atoms with E-state index in [0.29, 0.717) is 0 Å². The van der Waals surface area contributed by atoms with Crippen LogP contribution in [-0.4, -0.2) is 31.0 Å². The van der Waals surface area contributed by atoms with Crippen molar-refractivity contribution in [2.75, 3.05) is 20.1 Å². The van der Waals surface area contributed by atoms with Crippen LogP contribution >= 0.6 is 35.3 Å². The molecule has 110 valence electrons. The van der Waals surface area contributed by atoms with E-state index in [4.69, 9.17) is 4.99 Å². The first-order valence-corrected chi connectivity index (χ1v) is 7.53. The zero-order valence-electron chi connectivity index (χ0n) is 12.4. The van der Waals surface area contributed by atoms with Crippen molar-refractivity contribution in [3.63, 3.8) is 0 Å². The second-order valence-corrected chi connectivity index (χ2v) is 5.83. The molecule has 1 aromatic heterocycles. The molecule has 0 spiro atoms. The molecule has 0 aliphatic carbocycles. The van der Waals surface area contributed by atoms with Gasteiger partial charge in [0.2, 0.25) is 0 Å². The Kier molecular flexibility index (Phi) is 10.3. The van der Waals surface area contributed by atoms with E-state index in [0.717, 1.165) is 25.6 Å². The number of hydrogen-bond acceptors (Lipinski definition) is 2. The van der Waals surface area contributed by atoms with Crippen molar-refractivity contribution in [2.45, 2.75) is 40.2 Å². The Hall–Kier alpha value is -0.300. The fraction of sp³-hybridized carbons (Fsp3) is 0.643. The minimum atomic E-state index is 0. The Balaban J connectivity index is 0.00000324. The van der Waals surface area contributed by atoms with E-state index in [1.807, 2.05) is 11.3 Å². The summed E-state index contributed by atoms with van der Waals surface area (Å²) < 4.78 is 0. The zero-order valence-corrected chi connectivity index (χ0v) is 15.5. The van der Waals surface area contributed by atoms with Gasteiger partial charge >= 0.3 is 0 Å². The fourth-order valence-corrected chi connectivity index (χ4v) is 2.51. The Morgan fingerprint density at radius 1 is 1.37 bits per heavy atom. The number of rotatable bonds is 6. The van der Waals surface area contributed by atoms with Crippen molar-refractivity contribution < 1.29 is 0 Å². The lowest BCUT2D eigenvalue weighted by Gasteiger charge is -2.21. The molecule has 0 fully saturated rings. The van der Waals surface area contributed by atoms with Gasteiger partial charge in [-0.15, -0.1) is 35.3 Å². The normalized spacial score (nSPS) is 11.1. The monoisotopic (exact) mass is 395 g/mol. The van der Waals surface area contributed by atoms with Crippen LogP contribution in [0.2, 0.25) is 0 Å². The SMILES string of the molecule is CCCCN(C)C(=NCc1ccc(C)s1)NCC.I. The quantitative estimate of drug-likeness (QED) is 0.450. The molecule has 0 saturated carbocycles. The van der Waals surface area contributed by atoms with Crippen LogP contribution in [0.25, 0.3) is 0 Å². The van der Waals surface area contributed by atoms with Crippen LogP contribution in [0, 0.1) is 6.92 Å². The second kappa shape index (κ2) is 10.5. The van der Waals surface area contributed by atoms with E-state index < -0.39 is 0 Å². The van der Waals surface area contributed by atoms with Crippen LogP contribution in [0.1, 0.15) is 36.4 Å². The van der Waals surface area contributed by atoms with Gasteiger partial charge in [-0.25, -0.2) is 4.99 Å². The van der Waals surface area contributed by atoms with Crippen molar-refractivity contribution in [3.8, 4) is 0 Å². The summed E-state index contributed by atoms with van der Waals surface area (Å²) in [6.07, 6.45) is 2.42. The highest BCUT2D eigenvalue weighted by atomic mass is 127. The lowest BCUT2D eigenvalue weighted by molar-refractivity contribution is 0.465. The van der Waals surface area contributed by atoms with Gasteiger partial charge in [-0.05, 0) is 32.4 Å². The molecule has 0 aromatic carbocycles. The molecule has 19 heavy (non-hydrogen) atoms. The third-order valence-electron chi connectivity index (χ3n) is 2.72. The van der Waals surface area contributed by atoms with Crippen molar-refractivity contribution in [1.82, 2.24) is 10.2 Å². The number of aryl methyl sites for hydroxylation is 1. The summed E-state index contributed by atoms with van der Waals surface area (Å²) in [5, 5.41) is 3.35. The summed E-state index contributed by atoms with van der Waals surface area (Å²) in [7, 11) is 2.11. The van der Waals surface area contributed by atoms with E-state index in [9.17, 15) is 0 Å². The standard InChI is InChI=1S/C14H25N3S.HI/c1-5-7-10-17(4)14(15-6-2)16-11-13-9-8-12(3)18-13;/h8-9H,5-7,10-11H2,1-4H3,(H,15,16);1H. The molecule has 5 heteroatoms. The number of nitrogens with zero attached hydrogens (tertiary/aromatic N) is 2. The van der Waals surface area contributed by atoms with Crippen LogP contribution in [0.15, 0.2) is 17.1 Å². The van der Waals surface area contributed by atoms with Crippen LogP contribution < -0.4 is 5.32 Å². The van der Waals surface area contributed by atoms with Crippen LogP contribution in [0.4, 0.5) is 0 Å². The average Bonchev–Trinajstić information content (AvgIpc) is 2.77. The molecule has 0 aliphatic rings. The van der Waals surface area contributed by atoms with E-state index in [2.05, 4.69) is 50.2 Å². The first kappa shape index (κ1) is 18.7. The van der Waals surface area contributed by atoms with E-state index in [1.165, 1.54) is 22.6 Å². The predicted molar refractivity (Wildman–Crippen MR) is 96.8 cm³/mol. The zero-order chi connectivity index (χ0) is 13.4. The largest absolute Gasteiger partial charge is 0.357 e. The lowest BCUT2D eigenvalue weighted by atomic mass is 10.3. The molecule has 1 N–H and O–H groups in total. The average molecular weight is 395 g/mol. The van der Waals surface area contributed by atoms with Crippen LogP contribution in [-0.2, 0) is 6.54 Å². The topological polar surface area (TPSA) is 27.6 Å². The summed E-state index contributed by atoms with van der Waals surface area (Å²) in [6, 6.07) is 4.32. The first-order valence-electron chi connectivity index (χ1n) is 6.72. The molecule has 0 bridgehead atoms. The van der Waals surface area contributed by atoms with Gasteiger partial charge in [-0.3, -0.25) is 0 Å². The molecule has 0 radical (unpaired) electrons. The van der Waals surface area contributed by atoms with Gasteiger partial charge in [-0.2, -0.15) is 0 Å². The van der Waals surface area contributed by atoms with Gasteiger partial charge in [0, 0.05) is 29.9 Å². The number of hydrogen-bond donors (Lipinski definition) is 1. The number of thiophene rings is 1. The molecule has 0 atom stereocenters. The van der Waals surface area contributed by atoms with E-state index >= 15 is 0 Å². The summed E-state index contributed by atoms with van der Waals surface area (Å²) in [5.74, 6) is 1.01. The number of aliphatic imine (C=N–C) groups is 1. The molecule has 0 amide bonds. The summed E-state index contributed by atoms with van der Waals surface area (Å²) in [6.45, 7) is 9.21. The van der Waals surface area contributed by atoms with Crippen molar-refractivity contribution in [3.05, 3.63) is 21.9 Å². The van der Waals surface area contributed by atoms with Gasteiger partial charge in [0.15, 0.2) is 5.96 Å². The molecule has 0 unspecified atom stereocenters. The Labute approximate surface area is 138 Å². The Morgan fingerprint density at radius 2 is 2.11 bits per heavy atom. The molecule has 1 aromatic rings. The molecule has 0 aliphatic heterocycles. The predicted octanol–water partition coefficient (Wildman–Crippen LogP) is 3.87. The van der Waals surface area contributed by atoms with Crippen molar-refractivity contribution in [2.24, 2.45) is 4.99 Å². The minimum absolute atomic E-state index is 0. The van der Waals surface area contributed by atoms with Crippen molar-refractivity contribution >= 4 is 41.3 Å². The number of nitrogens with one attached hydrogen (secondary N) is 1. The minimum Gasteiger partial charge on any atom is -0.357 e. The maximum absolute atomic E-state index is 4.69. The van der Waals surface area contributed by atoms with Gasteiger partial charge in [0.1, 0.15) is 0 Å². The number of unbranched alkanes of at least 4 members (excludes halogenated alkanes) is 1. The fourth-order valence-electron chi connectivity index (χ4n) is 1.69. The molecule has 1 rings (SSSR count). The third-order valence-corrected chi connectivity index (χ3v) is 3.71. The van der Waals surface area contributed by atoms with Gasteiger partial charge in [-0.1, -0.05) is 13.3 Å². The number of guanidine groups is 1. The third kappa shape index (κ3) is 7.15. The molecular weight excluding hydrogens is 369 g/mol. The Bertz CT molecular complexity index is 377. The van der Waals surface area contributed by atoms with Gasteiger partial charge < -0.3 is 10.2 Å². The highest BCUT2D eigenvalue weighted by Gasteiger charge is 2.04. The van der Waals surface area contributed by atoms with Crippen LogP contribution in [0.5, 0.6) is 0 Å². The summed E-state index contributed by atoms with van der Waals surface area (Å²) in [4.78, 5) is 9.58. The first-order chi connectivity index (χ1) is 8.67. The molecule has 3 nitrogen and oxygen atoms in total. The summed E-state index contributed by atoms with van der Waals surface area (Å²) in [5.41, 5.74) is 0. The molecule has 0 saturated heterocycles. The number of halogens is 1. The molecular formula is C14H26IN3S. The van der Waals surface area contributed by atoms with E-state index in [-0.39, 0.29) is 24.0 Å². The second-order valence-electron chi connectivity index (χ2n) is 4.46. The van der Waals surface area contributed by atoms with Gasteiger partial charge in [0.25, 0.3) is 0 Å². The molecule has 1 heterocycles. The van der Waals surface area contributed by atoms with Gasteiger partial charge in [0.05, 0.1) is 6.54 Å². The maximum atomic E-state index is 4.69. The summed E-state index contributed by atoms with van der Waals surface area (Å²) >= 11 is 1.82.